The molecule has 39 nitrogen and oxygen atoms in total. The van der Waals surface area contributed by atoms with Gasteiger partial charge in [0, 0.05) is 0 Å². The number of nitrogen functional groups attached to an aromatic ring is 3. The first kappa shape index (κ1) is 55.1. The minimum atomic E-state index is -6.03. The van der Waals surface area contributed by atoms with Crippen molar-refractivity contribution in [3.8, 4) is 0 Å². The van der Waals surface area contributed by atoms with Crippen LogP contribution in [-0.4, -0.2) is 178 Å². The number of ether oxygens (including phenoxy) is 3. The summed E-state index contributed by atoms with van der Waals surface area (Å²) in [6.45, 7) is -3.55. The third-order valence-electron chi connectivity index (χ3n) is 11.0. The largest absolute Gasteiger partial charge is 0.490 e. The van der Waals surface area contributed by atoms with E-state index in [1.165, 1.54) is 10.9 Å². The number of hydrogen-bond donors (Lipinski definition) is 12. The second kappa shape index (κ2) is 20.6. The number of aliphatic hydroxyl groups excluding tert-OH is 3. The van der Waals surface area contributed by atoms with Gasteiger partial charge in [0.15, 0.2) is 59.3 Å². The summed E-state index contributed by atoms with van der Waals surface area (Å²) in [6, 6.07) is 0. The molecule has 15 N–H and O–H groups in total. The summed E-state index contributed by atoms with van der Waals surface area (Å²) in [4.78, 5) is 95.0. The predicted molar refractivity (Wildman–Crippen MR) is 235 cm³/mol. The summed E-state index contributed by atoms with van der Waals surface area (Å²) in [6.07, 6.45) is -16.9. The summed E-state index contributed by atoms with van der Waals surface area (Å²) < 4.78 is 132. The maximum absolute atomic E-state index is 16.4. The molecule has 3 aliphatic heterocycles. The van der Waals surface area contributed by atoms with Crippen molar-refractivity contribution in [2.75, 3.05) is 37.0 Å². The molecule has 16 atom stereocenters. The maximum atomic E-state index is 16.4. The van der Waals surface area contributed by atoms with Crippen LogP contribution in [0.1, 0.15) is 18.7 Å². The fraction of sp³-hybridized carbons (Fsp3) is 0.500. The van der Waals surface area contributed by atoms with E-state index < -0.39 is 133 Å². The first-order chi connectivity index (χ1) is 35.1. The fourth-order valence-corrected chi connectivity index (χ4v) is 12.7. The third-order valence-corrected chi connectivity index (χ3v) is 16.8. The zero-order chi connectivity index (χ0) is 54.2. The number of anilines is 3. The Morgan fingerprint density at radius 1 is 0.493 bits per heavy atom. The van der Waals surface area contributed by atoms with Crippen LogP contribution < -0.4 is 17.2 Å². The van der Waals surface area contributed by atoms with Gasteiger partial charge < -0.3 is 76.1 Å². The van der Waals surface area contributed by atoms with Crippen molar-refractivity contribution < 1.29 is 117 Å². The van der Waals surface area contributed by atoms with E-state index in [1.54, 1.807) is 0 Å². The summed E-state index contributed by atoms with van der Waals surface area (Å²) in [7, 11) is -28.8. The highest BCUT2D eigenvalue weighted by Gasteiger charge is 2.54. The smallest absolute Gasteiger partial charge is 0.387 e. The van der Waals surface area contributed by atoms with Gasteiger partial charge in [-0.15, -0.1) is 0 Å². The van der Waals surface area contributed by atoms with Crippen molar-refractivity contribution in [3.63, 3.8) is 0 Å². The molecule has 3 fully saturated rings. The molecule has 0 bridgehead atoms. The van der Waals surface area contributed by atoms with Crippen LogP contribution in [-0.2, 0) is 68.3 Å². The second-order valence-electron chi connectivity index (χ2n) is 15.9. The van der Waals surface area contributed by atoms with Crippen molar-refractivity contribution in [2.45, 2.75) is 73.7 Å². The predicted octanol–water partition coefficient (Wildman–Crippen LogP) is -2.29. The van der Waals surface area contributed by atoms with Gasteiger partial charge in [0.05, 0.1) is 38.8 Å². The number of aliphatic hydroxyl groups is 3. The molecule has 0 spiro atoms. The fourth-order valence-electron chi connectivity index (χ4n) is 7.80. The van der Waals surface area contributed by atoms with Gasteiger partial charge in [-0.25, -0.2) is 72.1 Å². The van der Waals surface area contributed by atoms with Crippen molar-refractivity contribution in [3.05, 3.63) is 38.0 Å². The topological polar surface area (TPSA) is 569 Å². The second-order valence-corrected chi connectivity index (χ2v) is 23.1. The number of phosphoric ester groups is 3. The van der Waals surface area contributed by atoms with Gasteiger partial charge in [-0.3, -0.25) is 36.3 Å². The molecule has 3 saturated heterocycles. The van der Waals surface area contributed by atoms with Crippen LogP contribution in [0.5, 0.6) is 0 Å². The highest BCUT2D eigenvalue weighted by atomic mass is 31.3. The zero-order valence-corrected chi connectivity index (χ0v) is 41.3. The molecular weight excluding hydrogens is 1130 g/mol. The Bertz CT molecular complexity index is 3360. The van der Waals surface area contributed by atoms with E-state index >= 15 is 4.39 Å². The Morgan fingerprint density at radius 3 is 1.36 bits per heavy atom. The van der Waals surface area contributed by atoms with E-state index in [1.807, 2.05) is 0 Å². The van der Waals surface area contributed by atoms with Crippen LogP contribution in [0.4, 0.5) is 21.8 Å². The standard InChI is InChI=1S/C30H39FN15O24P5/c31-13-10(1-63-74(57,58)70-75(59,60)69-71(50,51)52)64-29(45-8-42-15-23(33)36-5-39-26(15)45)20(13)67-72(53,54)62-3-12-18(48)21(30(66-12)46-9-43-16-24(34)37-6-40-27(16)46)68-73(55,56)61-2-11-17(47)19(49)28(65-11)44-7-41-14-22(32)35-4-38-25(14)44/h4-13,17-21,28-30,47-49H,1-3H2,(H,53,54)(H,55,56)(H,57,58)(H,59,60)(H2,32,35,38)(H2,33,36,39)(H2,34,37,40)(H2,50,51,52)/t10-,11-,12-,13+,17-,18-,19-,20-,21-,28-,29-,30-/m1/s1. The van der Waals surface area contributed by atoms with Gasteiger partial charge in [0.2, 0.25) is 0 Å². The molecule has 6 aromatic rings. The summed E-state index contributed by atoms with van der Waals surface area (Å²) in [5.41, 5.74) is 17.5. The molecule has 4 unspecified atom stereocenters. The number of aromatic nitrogens is 12. The summed E-state index contributed by atoms with van der Waals surface area (Å²) in [5, 5.41) is 33.3. The molecule has 0 aromatic carbocycles. The lowest BCUT2D eigenvalue weighted by Gasteiger charge is -2.25. The molecule has 0 amide bonds. The Kier molecular flexibility index (Phi) is 15.2. The van der Waals surface area contributed by atoms with Crippen molar-refractivity contribution in [2.24, 2.45) is 0 Å². The zero-order valence-electron chi connectivity index (χ0n) is 36.9. The van der Waals surface area contributed by atoms with E-state index in [9.17, 15) is 57.7 Å². The molecule has 410 valence electrons. The molecular formula is C30H39FN15O24P5. The van der Waals surface area contributed by atoms with Crippen LogP contribution >= 0.6 is 39.1 Å². The van der Waals surface area contributed by atoms with E-state index in [4.69, 9.17) is 59.3 Å². The van der Waals surface area contributed by atoms with Gasteiger partial charge in [-0.2, -0.15) is 8.62 Å². The number of phosphoric acid groups is 5. The lowest BCUT2D eigenvalue weighted by Crippen LogP contribution is -2.36. The third kappa shape index (κ3) is 11.7. The first-order valence-corrected chi connectivity index (χ1v) is 28.2. The normalized spacial score (nSPS) is 30.7. The van der Waals surface area contributed by atoms with E-state index in [0.717, 1.165) is 40.8 Å². The van der Waals surface area contributed by atoms with Gasteiger partial charge in [-0.05, 0) is 0 Å². The average molecular weight is 1170 g/mol. The average Bonchev–Trinajstić information content (AvgIpc) is 4.18. The number of alkyl halides is 1. The molecule has 9 heterocycles. The molecule has 9 rings (SSSR count). The number of halogens is 1. The van der Waals surface area contributed by atoms with Gasteiger partial charge in [0.25, 0.3) is 0 Å². The summed E-state index contributed by atoms with van der Waals surface area (Å²) >= 11 is 0. The Balaban J connectivity index is 0.912. The molecule has 0 radical (unpaired) electrons. The van der Waals surface area contributed by atoms with Crippen LogP contribution in [0.25, 0.3) is 33.5 Å². The number of hydrogen-bond acceptors (Lipinski definition) is 30. The molecule has 0 aliphatic carbocycles. The molecule has 45 heteroatoms. The Morgan fingerprint density at radius 2 is 0.880 bits per heavy atom. The monoisotopic (exact) mass is 1170 g/mol. The van der Waals surface area contributed by atoms with Crippen molar-refractivity contribution >= 4 is 90.1 Å². The van der Waals surface area contributed by atoms with Gasteiger partial charge >= 0.3 is 39.1 Å². The number of imidazole rings is 3. The highest BCUT2D eigenvalue weighted by Crippen LogP contribution is 2.66. The number of rotatable bonds is 20. The van der Waals surface area contributed by atoms with Gasteiger partial charge in [-0.1, -0.05) is 0 Å². The number of fused-ring (bicyclic) bond motifs is 3. The van der Waals surface area contributed by atoms with Crippen LogP contribution in [0.3, 0.4) is 0 Å². The minimum absolute atomic E-state index is 0.00420. The number of nitrogens with two attached hydrogens (primary N) is 3. The Labute approximate surface area is 413 Å². The van der Waals surface area contributed by atoms with Gasteiger partial charge in [0.1, 0.15) is 84.4 Å². The first-order valence-electron chi connectivity index (χ1n) is 20.6. The van der Waals surface area contributed by atoms with E-state index in [2.05, 4.69) is 58.0 Å². The van der Waals surface area contributed by atoms with Crippen LogP contribution in [0.15, 0.2) is 38.0 Å². The van der Waals surface area contributed by atoms with E-state index in [0.29, 0.717) is 0 Å². The van der Waals surface area contributed by atoms with Crippen LogP contribution in [0.2, 0.25) is 0 Å². The van der Waals surface area contributed by atoms with Crippen LogP contribution in [0, 0.1) is 0 Å². The number of nitrogens with zero attached hydrogens (tertiary/aromatic N) is 12. The molecule has 75 heavy (non-hydrogen) atoms. The summed E-state index contributed by atoms with van der Waals surface area (Å²) in [5.74, 6) is -0.352. The quantitative estimate of drug-likeness (QED) is 0.0358. The highest BCUT2D eigenvalue weighted by molar-refractivity contribution is 7.66. The van der Waals surface area contributed by atoms with Crippen molar-refractivity contribution in [1.82, 2.24) is 58.6 Å². The SMILES string of the molecule is Nc1ncnc2c1ncn2[C@@H]1O[C@H](COP(=O)(O)O[C@@H]2[C@H](O)[C@@H](COP(=O)(O)O[C@@H]3[C@@H](F)[C@@H](COP(=O)(O)OP(=O)(O)OP(=O)(O)O)O[C@H]3n3cnc4c(N)ncnc43)O[C@H]2n2cnc3c(N)ncnc32)[C@@H](O)[C@H]1O. The van der Waals surface area contributed by atoms with Crippen molar-refractivity contribution in [1.29, 1.82) is 0 Å². The maximum Gasteiger partial charge on any atom is 0.490 e. The molecule has 3 aliphatic rings. The lowest BCUT2D eigenvalue weighted by molar-refractivity contribution is -0.0643. The lowest BCUT2D eigenvalue weighted by atomic mass is 10.1. The molecule has 0 saturated carbocycles. The Hall–Kier alpha value is -4.63. The molecule has 6 aromatic heterocycles. The van der Waals surface area contributed by atoms with E-state index in [-0.39, 0.29) is 50.9 Å². The minimum Gasteiger partial charge on any atom is -0.387 e.